The summed E-state index contributed by atoms with van der Waals surface area (Å²) in [4.78, 5) is 12.0. The molecule has 112 valence electrons. The first-order valence-electron chi connectivity index (χ1n) is 6.79. The molecule has 0 unspecified atom stereocenters. The van der Waals surface area contributed by atoms with Crippen molar-refractivity contribution in [2.45, 2.75) is 20.8 Å². The van der Waals surface area contributed by atoms with Gasteiger partial charge in [-0.2, -0.15) is 4.37 Å². The van der Waals surface area contributed by atoms with Crippen LogP contribution in [0.5, 0.6) is 5.75 Å². The molecule has 1 heterocycles. The Morgan fingerprint density at radius 3 is 2.57 bits per heavy atom. The van der Waals surface area contributed by atoms with E-state index in [1.807, 2.05) is 31.2 Å². The molecule has 0 radical (unpaired) electrons. The van der Waals surface area contributed by atoms with Gasteiger partial charge in [-0.3, -0.25) is 0 Å². The second kappa shape index (κ2) is 7.08. The van der Waals surface area contributed by atoms with E-state index >= 15 is 0 Å². The molecule has 0 aliphatic heterocycles. The molecule has 1 N–H and O–H groups in total. The van der Waals surface area contributed by atoms with Crippen molar-refractivity contribution in [3.05, 3.63) is 35.5 Å². The van der Waals surface area contributed by atoms with E-state index in [4.69, 9.17) is 9.47 Å². The van der Waals surface area contributed by atoms with E-state index in [-0.39, 0.29) is 5.97 Å². The highest BCUT2D eigenvalue weighted by atomic mass is 32.1. The zero-order chi connectivity index (χ0) is 15.2. The topological polar surface area (TPSA) is 60.5 Å². The first-order chi connectivity index (χ1) is 10.2. The predicted octanol–water partition coefficient (Wildman–Crippen LogP) is 3.77. The molecule has 0 amide bonds. The summed E-state index contributed by atoms with van der Waals surface area (Å²) in [7, 11) is 0. The fourth-order valence-electron chi connectivity index (χ4n) is 1.83. The fraction of sp³-hybridized carbons (Fsp3) is 0.333. The van der Waals surface area contributed by atoms with Crippen LogP contribution >= 0.6 is 11.5 Å². The summed E-state index contributed by atoms with van der Waals surface area (Å²) in [5.41, 5.74) is 2.04. The maximum absolute atomic E-state index is 12.0. The third-order valence-corrected chi connectivity index (χ3v) is 3.62. The Hall–Kier alpha value is -2.08. The molecule has 1 aromatic heterocycles. The van der Waals surface area contributed by atoms with Gasteiger partial charge in [0, 0.05) is 5.69 Å². The predicted molar refractivity (Wildman–Crippen MR) is 83.7 cm³/mol. The molecule has 0 bridgehead atoms. The Balaban J connectivity index is 2.17. The van der Waals surface area contributed by atoms with Crippen molar-refractivity contribution in [2.24, 2.45) is 0 Å². The van der Waals surface area contributed by atoms with Crippen LogP contribution in [-0.2, 0) is 4.74 Å². The summed E-state index contributed by atoms with van der Waals surface area (Å²) in [5.74, 6) is 0.464. The molecule has 0 saturated heterocycles. The molecule has 6 heteroatoms. The summed E-state index contributed by atoms with van der Waals surface area (Å²) in [6.07, 6.45) is 0. The van der Waals surface area contributed by atoms with Gasteiger partial charge in [0.15, 0.2) is 0 Å². The van der Waals surface area contributed by atoms with Crippen LogP contribution in [0.1, 0.15) is 29.9 Å². The molecular formula is C15H18N2O3S. The van der Waals surface area contributed by atoms with Crippen LogP contribution in [0.25, 0.3) is 0 Å². The van der Waals surface area contributed by atoms with Crippen molar-refractivity contribution in [1.29, 1.82) is 0 Å². The van der Waals surface area contributed by atoms with Crippen molar-refractivity contribution < 1.29 is 14.3 Å². The van der Waals surface area contributed by atoms with Crippen molar-refractivity contribution in [3.63, 3.8) is 0 Å². The number of aryl methyl sites for hydroxylation is 1. The lowest BCUT2D eigenvalue weighted by Crippen LogP contribution is -2.07. The number of ether oxygens (including phenoxy) is 2. The van der Waals surface area contributed by atoms with Gasteiger partial charge in [-0.05, 0) is 56.6 Å². The molecule has 0 aliphatic rings. The number of esters is 1. The van der Waals surface area contributed by atoms with Crippen LogP contribution < -0.4 is 10.1 Å². The highest BCUT2D eigenvalue weighted by molar-refractivity contribution is 7.10. The van der Waals surface area contributed by atoms with Crippen LogP contribution in [-0.4, -0.2) is 23.6 Å². The van der Waals surface area contributed by atoms with Crippen LogP contribution in [0, 0.1) is 6.92 Å². The summed E-state index contributed by atoms with van der Waals surface area (Å²) in [6, 6.07) is 7.55. The van der Waals surface area contributed by atoms with Gasteiger partial charge in [-0.25, -0.2) is 4.79 Å². The van der Waals surface area contributed by atoms with Crippen molar-refractivity contribution in [1.82, 2.24) is 4.37 Å². The van der Waals surface area contributed by atoms with Gasteiger partial charge in [-0.1, -0.05) is 0 Å². The number of rotatable bonds is 6. The molecule has 2 aromatic rings. The maximum atomic E-state index is 12.0. The number of hydrogen-bond acceptors (Lipinski definition) is 6. The van der Waals surface area contributed by atoms with Gasteiger partial charge < -0.3 is 14.8 Å². The van der Waals surface area contributed by atoms with E-state index in [0.29, 0.717) is 29.5 Å². The lowest BCUT2D eigenvalue weighted by Gasteiger charge is -2.08. The Morgan fingerprint density at radius 2 is 1.95 bits per heavy atom. The number of benzene rings is 1. The normalized spacial score (nSPS) is 10.2. The number of hydrogen-bond donors (Lipinski definition) is 1. The zero-order valence-corrected chi connectivity index (χ0v) is 13.1. The van der Waals surface area contributed by atoms with Crippen molar-refractivity contribution in [3.8, 4) is 5.75 Å². The lowest BCUT2D eigenvalue weighted by molar-refractivity contribution is 0.0527. The van der Waals surface area contributed by atoms with Crippen LogP contribution in [0.15, 0.2) is 24.3 Å². The first kappa shape index (κ1) is 15.3. The molecule has 21 heavy (non-hydrogen) atoms. The minimum atomic E-state index is -0.350. The number of aromatic nitrogens is 1. The number of anilines is 2. The quantitative estimate of drug-likeness (QED) is 0.823. The Labute approximate surface area is 128 Å². The lowest BCUT2D eigenvalue weighted by atomic mass is 10.2. The fourth-order valence-corrected chi connectivity index (χ4v) is 2.64. The van der Waals surface area contributed by atoms with Gasteiger partial charge in [0.05, 0.1) is 18.9 Å². The monoisotopic (exact) mass is 306 g/mol. The van der Waals surface area contributed by atoms with Gasteiger partial charge in [0.25, 0.3) is 0 Å². The second-order valence-corrected chi connectivity index (χ2v) is 5.05. The summed E-state index contributed by atoms with van der Waals surface area (Å²) in [5, 5.41) is 3.89. The highest BCUT2D eigenvalue weighted by Gasteiger charge is 2.19. The van der Waals surface area contributed by atoms with Gasteiger partial charge in [0.1, 0.15) is 16.3 Å². The van der Waals surface area contributed by atoms with E-state index in [9.17, 15) is 4.79 Å². The van der Waals surface area contributed by atoms with E-state index in [1.54, 1.807) is 13.8 Å². The number of nitrogens with zero attached hydrogens (tertiary/aromatic N) is 1. The molecule has 5 nitrogen and oxygen atoms in total. The molecule has 0 aliphatic carbocycles. The third kappa shape index (κ3) is 3.72. The van der Waals surface area contributed by atoms with Crippen LogP contribution in [0.4, 0.5) is 10.7 Å². The number of carbonyl (C=O) groups is 1. The van der Waals surface area contributed by atoms with E-state index in [0.717, 1.165) is 11.4 Å². The largest absolute Gasteiger partial charge is 0.494 e. The third-order valence-electron chi connectivity index (χ3n) is 2.77. The van der Waals surface area contributed by atoms with E-state index in [1.165, 1.54) is 11.5 Å². The smallest absolute Gasteiger partial charge is 0.343 e. The summed E-state index contributed by atoms with van der Waals surface area (Å²) < 4.78 is 14.7. The molecule has 0 spiro atoms. The van der Waals surface area contributed by atoms with Gasteiger partial charge in [-0.15, -0.1) is 0 Å². The Bertz CT molecular complexity index is 608. The van der Waals surface area contributed by atoms with Crippen LogP contribution in [0.2, 0.25) is 0 Å². The number of carbonyl (C=O) groups excluding carboxylic acids is 1. The van der Waals surface area contributed by atoms with E-state index < -0.39 is 0 Å². The average molecular weight is 306 g/mol. The zero-order valence-electron chi connectivity index (χ0n) is 12.3. The molecule has 1 aromatic carbocycles. The second-order valence-electron chi connectivity index (χ2n) is 4.27. The average Bonchev–Trinajstić information content (AvgIpc) is 2.82. The molecule has 0 fully saturated rings. The summed E-state index contributed by atoms with van der Waals surface area (Å²) >= 11 is 1.25. The standard InChI is InChI=1S/C15H18N2O3S/c1-4-19-12-8-6-11(7-9-12)16-14-13(10(3)17-21-14)15(18)20-5-2/h6-9,16H,4-5H2,1-3H3. The van der Waals surface area contributed by atoms with E-state index in [2.05, 4.69) is 9.69 Å². The SMILES string of the molecule is CCOC(=O)c1c(C)nsc1Nc1ccc(OCC)cc1. The Kier molecular flexibility index (Phi) is 5.16. The van der Waals surface area contributed by atoms with Crippen molar-refractivity contribution >= 4 is 28.2 Å². The van der Waals surface area contributed by atoms with Gasteiger partial charge >= 0.3 is 5.97 Å². The molecule has 2 rings (SSSR count). The van der Waals surface area contributed by atoms with Crippen molar-refractivity contribution in [2.75, 3.05) is 18.5 Å². The Morgan fingerprint density at radius 1 is 1.24 bits per heavy atom. The van der Waals surface area contributed by atoms with Gasteiger partial charge in [0.2, 0.25) is 0 Å². The minimum Gasteiger partial charge on any atom is -0.494 e. The highest BCUT2D eigenvalue weighted by Crippen LogP contribution is 2.29. The molecular weight excluding hydrogens is 288 g/mol. The van der Waals surface area contributed by atoms with Crippen LogP contribution in [0.3, 0.4) is 0 Å². The molecule has 0 saturated carbocycles. The molecule has 0 atom stereocenters. The summed E-state index contributed by atoms with van der Waals surface area (Å²) in [6.45, 7) is 6.50. The first-order valence-corrected chi connectivity index (χ1v) is 7.56. The maximum Gasteiger partial charge on any atom is 0.343 e. The minimum absolute atomic E-state index is 0.344. The number of nitrogens with one attached hydrogen (secondary N) is 1.